The minimum Gasteiger partial charge on any atom is -0.466 e. The van der Waals surface area contributed by atoms with Gasteiger partial charge in [0.25, 0.3) is 0 Å². The summed E-state index contributed by atoms with van der Waals surface area (Å²) in [6, 6.07) is 6.19. The number of urea groups is 1. The van der Waals surface area contributed by atoms with Gasteiger partial charge in [-0.1, -0.05) is 31.4 Å². The summed E-state index contributed by atoms with van der Waals surface area (Å²) >= 11 is 0. The molecular formula is C21H29FN2O3. The number of likely N-dealkylation sites (tertiary alicyclic amines) is 1. The van der Waals surface area contributed by atoms with Gasteiger partial charge in [0.05, 0.1) is 24.6 Å². The molecule has 1 aliphatic carbocycles. The Morgan fingerprint density at radius 2 is 2.04 bits per heavy atom. The van der Waals surface area contributed by atoms with Gasteiger partial charge in [-0.3, -0.25) is 4.79 Å². The third-order valence-corrected chi connectivity index (χ3v) is 5.72. The number of esters is 1. The molecule has 1 atom stereocenters. The van der Waals surface area contributed by atoms with Gasteiger partial charge < -0.3 is 15.0 Å². The number of halogens is 1. The van der Waals surface area contributed by atoms with Crippen LogP contribution >= 0.6 is 0 Å². The molecule has 0 aromatic heterocycles. The summed E-state index contributed by atoms with van der Waals surface area (Å²) in [7, 11) is 0. The lowest BCUT2D eigenvalue weighted by atomic mass is 9.79. The molecule has 27 heavy (non-hydrogen) atoms. The van der Waals surface area contributed by atoms with Gasteiger partial charge in [-0.25, -0.2) is 9.18 Å². The van der Waals surface area contributed by atoms with Crippen molar-refractivity contribution in [3.05, 3.63) is 35.6 Å². The Hall–Kier alpha value is -2.11. The van der Waals surface area contributed by atoms with Crippen molar-refractivity contribution in [2.45, 2.75) is 69.9 Å². The zero-order chi connectivity index (χ0) is 19.3. The van der Waals surface area contributed by atoms with Gasteiger partial charge >= 0.3 is 12.0 Å². The van der Waals surface area contributed by atoms with Crippen molar-refractivity contribution in [2.24, 2.45) is 0 Å². The van der Waals surface area contributed by atoms with E-state index in [4.69, 9.17) is 4.74 Å². The van der Waals surface area contributed by atoms with E-state index < -0.39 is 5.54 Å². The Balaban J connectivity index is 1.73. The summed E-state index contributed by atoms with van der Waals surface area (Å²) < 4.78 is 18.8. The van der Waals surface area contributed by atoms with E-state index in [0.717, 1.165) is 50.5 Å². The van der Waals surface area contributed by atoms with Gasteiger partial charge in [0, 0.05) is 6.54 Å². The average Bonchev–Trinajstić information content (AvgIpc) is 3.12. The van der Waals surface area contributed by atoms with Crippen molar-refractivity contribution >= 4 is 12.0 Å². The molecule has 0 spiro atoms. The zero-order valence-corrected chi connectivity index (χ0v) is 16.0. The third kappa shape index (κ3) is 4.79. The molecule has 3 rings (SSSR count). The normalized spacial score (nSPS) is 21.7. The van der Waals surface area contributed by atoms with Crippen molar-refractivity contribution in [3.8, 4) is 0 Å². The van der Waals surface area contributed by atoms with E-state index in [0.29, 0.717) is 13.2 Å². The van der Waals surface area contributed by atoms with Gasteiger partial charge in [-0.2, -0.15) is 0 Å². The van der Waals surface area contributed by atoms with Gasteiger partial charge in [-0.15, -0.1) is 0 Å². The number of rotatable bonds is 5. The van der Waals surface area contributed by atoms with Crippen LogP contribution in [0.1, 0.15) is 69.9 Å². The highest BCUT2D eigenvalue weighted by atomic mass is 19.1. The summed E-state index contributed by atoms with van der Waals surface area (Å²) in [5.74, 6) is -0.548. The molecule has 5 nitrogen and oxygen atoms in total. The minimum atomic E-state index is -0.531. The molecule has 148 valence electrons. The summed E-state index contributed by atoms with van der Waals surface area (Å²) in [6.45, 7) is 2.77. The lowest BCUT2D eigenvalue weighted by molar-refractivity contribution is -0.145. The van der Waals surface area contributed by atoms with Crippen LogP contribution in [-0.4, -0.2) is 35.6 Å². The second-order valence-corrected chi connectivity index (χ2v) is 7.66. The molecule has 2 aliphatic rings. The van der Waals surface area contributed by atoms with Crippen molar-refractivity contribution in [1.82, 2.24) is 10.2 Å². The van der Waals surface area contributed by atoms with Crippen LogP contribution in [0.3, 0.4) is 0 Å². The van der Waals surface area contributed by atoms with Gasteiger partial charge in [0.15, 0.2) is 0 Å². The fraction of sp³-hybridized carbons (Fsp3) is 0.619. The van der Waals surface area contributed by atoms with Crippen molar-refractivity contribution < 1.29 is 18.7 Å². The molecule has 0 unspecified atom stereocenters. The number of nitrogens with one attached hydrogen (secondary N) is 1. The van der Waals surface area contributed by atoms with E-state index >= 15 is 0 Å². The number of hydrogen-bond donors (Lipinski definition) is 1. The number of nitrogens with zero attached hydrogens (tertiary/aromatic N) is 1. The molecule has 1 aliphatic heterocycles. The molecule has 2 amide bonds. The first-order valence-corrected chi connectivity index (χ1v) is 10.0. The first-order valence-electron chi connectivity index (χ1n) is 10.0. The maximum absolute atomic E-state index is 13.6. The molecule has 1 saturated carbocycles. The van der Waals surface area contributed by atoms with E-state index in [9.17, 15) is 14.0 Å². The maximum atomic E-state index is 13.6. The Bertz CT molecular complexity index is 673. The molecule has 0 radical (unpaired) electrons. The van der Waals surface area contributed by atoms with E-state index in [2.05, 4.69) is 5.32 Å². The third-order valence-electron chi connectivity index (χ3n) is 5.72. The summed E-state index contributed by atoms with van der Waals surface area (Å²) in [5, 5.41) is 3.17. The number of ether oxygens (including phenoxy) is 1. The van der Waals surface area contributed by atoms with Gasteiger partial charge in [-0.05, 0) is 50.3 Å². The number of carbonyl (C=O) groups is 2. The Morgan fingerprint density at radius 1 is 1.26 bits per heavy atom. The van der Waals surface area contributed by atoms with E-state index in [1.165, 1.54) is 12.1 Å². The Morgan fingerprint density at radius 3 is 2.74 bits per heavy atom. The largest absolute Gasteiger partial charge is 0.466 e. The number of benzene rings is 1. The topological polar surface area (TPSA) is 58.6 Å². The Labute approximate surface area is 160 Å². The average molecular weight is 376 g/mol. The first kappa shape index (κ1) is 19.6. The molecule has 1 N–H and O–H groups in total. The van der Waals surface area contributed by atoms with Crippen LogP contribution in [0.25, 0.3) is 0 Å². The zero-order valence-electron chi connectivity index (χ0n) is 16.0. The van der Waals surface area contributed by atoms with Gasteiger partial charge in [0.2, 0.25) is 0 Å². The smallest absolute Gasteiger partial charge is 0.318 e. The Kier molecular flexibility index (Phi) is 6.34. The summed E-state index contributed by atoms with van der Waals surface area (Å²) in [5.41, 5.74) is 0.294. The van der Waals surface area contributed by atoms with Crippen LogP contribution in [0.15, 0.2) is 24.3 Å². The molecule has 1 heterocycles. The molecule has 1 aromatic carbocycles. The molecule has 2 fully saturated rings. The first-order chi connectivity index (χ1) is 13.0. The van der Waals surface area contributed by atoms with Crippen LogP contribution in [0, 0.1) is 5.82 Å². The quantitative estimate of drug-likeness (QED) is 0.778. The second kappa shape index (κ2) is 8.72. The number of carbonyl (C=O) groups excluding carboxylic acids is 2. The maximum Gasteiger partial charge on any atom is 0.318 e. The van der Waals surface area contributed by atoms with Crippen LogP contribution in [0.5, 0.6) is 0 Å². The second-order valence-electron chi connectivity index (χ2n) is 7.66. The van der Waals surface area contributed by atoms with Crippen molar-refractivity contribution in [1.29, 1.82) is 0 Å². The molecule has 6 heteroatoms. The predicted molar refractivity (Wildman–Crippen MR) is 101 cm³/mol. The van der Waals surface area contributed by atoms with Gasteiger partial charge in [0.1, 0.15) is 5.82 Å². The highest BCUT2D eigenvalue weighted by Gasteiger charge is 2.39. The minimum absolute atomic E-state index is 0.121. The SMILES string of the molecule is CCOC(=O)CC1(NC(=O)N2CCC[C@@H]2c2cccc(F)c2)CCCCC1. The number of hydrogen-bond acceptors (Lipinski definition) is 3. The molecule has 0 bridgehead atoms. The summed E-state index contributed by atoms with van der Waals surface area (Å²) in [4.78, 5) is 27.0. The van der Waals surface area contributed by atoms with E-state index in [1.54, 1.807) is 17.9 Å². The standard InChI is InChI=1S/C21H29FN2O3/c1-2-27-19(25)15-21(11-4-3-5-12-21)23-20(26)24-13-7-10-18(24)16-8-6-9-17(22)14-16/h6,8-9,14,18H,2-5,7,10-13,15H2,1H3,(H,23,26)/t18-/m1/s1. The fourth-order valence-electron chi connectivity index (χ4n) is 4.43. The number of amides is 2. The highest BCUT2D eigenvalue weighted by molar-refractivity contribution is 5.78. The van der Waals surface area contributed by atoms with E-state index in [-0.39, 0.29) is 30.3 Å². The lowest BCUT2D eigenvalue weighted by Crippen LogP contribution is -2.55. The fourth-order valence-corrected chi connectivity index (χ4v) is 4.43. The molecule has 1 saturated heterocycles. The lowest BCUT2D eigenvalue weighted by Gasteiger charge is -2.39. The van der Waals surface area contributed by atoms with Crippen LogP contribution in [0.2, 0.25) is 0 Å². The highest BCUT2D eigenvalue weighted by Crippen LogP contribution is 2.35. The van der Waals surface area contributed by atoms with Crippen LogP contribution in [0.4, 0.5) is 9.18 Å². The monoisotopic (exact) mass is 376 g/mol. The molecular weight excluding hydrogens is 347 g/mol. The van der Waals surface area contributed by atoms with Crippen LogP contribution in [-0.2, 0) is 9.53 Å². The van der Waals surface area contributed by atoms with Crippen molar-refractivity contribution in [2.75, 3.05) is 13.2 Å². The van der Waals surface area contributed by atoms with Crippen molar-refractivity contribution in [3.63, 3.8) is 0 Å². The summed E-state index contributed by atoms with van der Waals surface area (Å²) in [6.07, 6.45) is 6.61. The molecule has 1 aromatic rings. The van der Waals surface area contributed by atoms with E-state index in [1.807, 2.05) is 6.07 Å². The predicted octanol–water partition coefficient (Wildman–Crippen LogP) is 4.33. The van der Waals surface area contributed by atoms with Crippen LogP contribution < -0.4 is 5.32 Å².